The van der Waals surface area contributed by atoms with Gasteiger partial charge in [0.25, 0.3) is 0 Å². The van der Waals surface area contributed by atoms with Crippen molar-refractivity contribution in [3.8, 4) is 17.5 Å². The zero-order valence-electron chi connectivity index (χ0n) is 18.1. The van der Waals surface area contributed by atoms with Gasteiger partial charge >= 0.3 is 0 Å². The number of anilines is 1. The number of hydrogen-bond acceptors (Lipinski definition) is 7. The Balaban J connectivity index is 1.46. The zero-order valence-corrected chi connectivity index (χ0v) is 20.4. The first-order chi connectivity index (χ1) is 16.1. The molecule has 0 radical (unpaired) electrons. The van der Waals surface area contributed by atoms with Gasteiger partial charge in [0.05, 0.1) is 34.9 Å². The van der Waals surface area contributed by atoms with Crippen molar-refractivity contribution in [1.82, 2.24) is 14.5 Å². The van der Waals surface area contributed by atoms with Crippen LogP contribution in [0, 0.1) is 11.3 Å². The lowest BCUT2D eigenvalue weighted by molar-refractivity contribution is 0.0298. The lowest BCUT2D eigenvalue weighted by Crippen LogP contribution is -2.23. The third-order valence-electron chi connectivity index (χ3n) is 5.36. The maximum absolute atomic E-state index is 9.58. The summed E-state index contributed by atoms with van der Waals surface area (Å²) in [4.78, 5) is 8.64. The van der Waals surface area contributed by atoms with E-state index in [-0.39, 0.29) is 6.10 Å². The van der Waals surface area contributed by atoms with Crippen molar-refractivity contribution < 1.29 is 9.47 Å². The van der Waals surface area contributed by atoms with Gasteiger partial charge in [-0.2, -0.15) is 5.26 Å². The van der Waals surface area contributed by atoms with Crippen LogP contribution >= 0.6 is 35.1 Å². The maximum Gasteiger partial charge on any atom is 0.233 e. The van der Waals surface area contributed by atoms with Gasteiger partial charge < -0.3 is 14.0 Å². The second-order valence-electron chi connectivity index (χ2n) is 7.46. The second-order valence-corrected chi connectivity index (χ2v) is 8.86. The lowest BCUT2D eigenvalue weighted by atomic mass is 9.95. The van der Waals surface area contributed by atoms with Crippen molar-refractivity contribution in [1.29, 1.82) is 5.26 Å². The fourth-order valence-corrected chi connectivity index (χ4v) is 4.54. The van der Waals surface area contributed by atoms with Gasteiger partial charge in [0, 0.05) is 36.5 Å². The van der Waals surface area contributed by atoms with Crippen LogP contribution in [0.5, 0.6) is 5.75 Å². The van der Waals surface area contributed by atoms with Crippen molar-refractivity contribution in [3.05, 3.63) is 64.2 Å². The Hall–Kier alpha value is -2.44. The van der Waals surface area contributed by atoms with Gasteiger partial charge in [-0.25, -0.2) is 9.97 Å². The summed E-state index contributed by atoms with van der Waals surface area (Å²) < 4.78 is 16.8. The average Bonchev–Trinajstić information content (AvgIpc) is 3.25. The number of fused-ring (bicyclic) bond motifs is 1. The van der Waals surface area contributed by atoms with E-state index in [4.69, 9.17) is 32.7 Å². The Bertz CT molecular complexity index is 1160. The van der Waals surface area contributed by atoms with Gasteiger partial charge in [-0.3, -0.25) is 4.72 Å². The molecular formula is C23H23Cl2N5O2S. The number of halogens is 2. The first-order valence-electron chi connectivity index (χ1n) is 10.5. The van der Waals surface area contributed by atoms with Crippen LogP contribution in [0.1, 0.15) is 28.9 Å². The molecule has 33 heavy (non-hydrogen) atoms. The van der Waals surface area contributed by atoms with E-state index in [0.717, 1.165) is 30.6 Å². The summed E-state index contributed by atoms with van der Waals surface area (Å²) >= 11 is 13.6. The summed E-state index contributed by atoms with van der Waals surface area (Å²) in [5, 5.41) is 9.97. The Labute approximate surface area is 207 Å². The fraction of sp³-hybridized carbons (Fsp3) is 0.348. The van der Waals surface area contributed by atoms with Gasteiger partial charge in [0.1, 0.15) is 12.7 Å². The van der Waals surface area contributed by atoms with Gasteiger partial charge in [-0.05, 0) is 42.7 Å². The predicted molar refractivity (Wildman–Crippen MR) is 131 cm³/mol. The van der Waals surface area contributed by atoms with Crippen LogP contribution in [0.2, 0.25) is 5.02 Å². The standard InChI is InChI=1S/C23H23Cl2N5O2S/c1-33-29-23-27-7-4-17(28-23)14-32-19-2-3-21-15(11-19)5-8-30(21)18-10-16(13-26)22(20(25)12-18)31-9-6-24/h4-5,7-8,10,12,19H,2-3,6,9,11,14H2,1H3,(H,27,28,29). The number of nitrogens with zero attached hydrogens (tertiary/aromatic N) is 4. The average molecular weight is 504 g/mol. The van der Waals surface area contributed by atoms with E-state index < -0.39 is 0 Å². The normalized spacial score (nSPS) is 15.0. The lowest BCUT2D eigenvalue weighted by Gasteiger charge is -2.24. The highest BCUT2D eigenvalue weighted by molar-refractivity contribution is 7.99. The van der Waals surface area contributed by atoms with E-state index in [1.807, 2.05) is 24.6 Å². The van der Waals surface area contributed by atoms with Gasteiger partial charge in [0.2, 0.25) is 5.95 Å². The van der Waals surface area contributed by atoms with Gasteiger partial charge in [-0.15, -0.1) is 11.6 Å². The number of alkyl halides is 1. The molecular weight excluding hydrogens is 481 g/mol. The quantitative estimate of drug-likeness (QED) is 0.318. The van der Waals surface area contributed by atoms with Crippen LogP contribution in [0.3, 0.4) is 0 Å². The third-order valence-corrected chi connectivity index (χ3v) is 6.18. The number of ether oxygens (including phenoxy) is 2. The molecule has 2 heterocycles. The first-order valence-corrected chi connectivity index (χ1v) is 12.6. The summed E-state index contributed by atoms with van der Waals surface area (Å²) in [6, 6.07) is 9.77. The molecule has 7 nitrogen and oxygen atoms in total. The molecule has 0 spiro atoms. The highest BCUT2D eigenvalue weighted by Crippen LogP contribution is 2.34. The minimum absolute atomic E-state index is 0.116. The highest BCUT2D eigenvalue weighted by Gasteiger charge is 2.23. The topological polar surface area (TPSA) is 85.0 Å². The molecule has 0 bridgehead atoms. The van der Waals surface area contributed by atoms with Crippen LogP contribution in [-0.4, -0.2) is 39.4 Å². The molecule has 4 rings (SSSR count). The molecule has 0 fully saturated rings. The molecule has 1 aliphatic rings. The molecule has 0 saturated carbocycles. The Kier molecular flexibility index (Phi) is 7.99. The van der Waals surface area contributed by atoms with Crippen molar-refractivity contribution in [2.75, 3.05) is 23.5 Å². The molecule has 0 amide bonds. The van der Waals surface area contributed by atoms with Crippen molar-refractivity contribution in [2.45, 2.75) is 32.0 Å². The van der Waals surface area contributed by atoms with Gasteiger partial charge in [-0.1, -0.05) is 23.5 Å². The Morgan fingerprint density at radius 2 is 2.24 bits per heavy atom. The summed E-state index contributed by atoms with van der Waals surface area (Å²) in [5.74, 6) is 1.28. The second kappa shape index (κ2) is 11.1. The maximum atomic E-state index is 9.58. The monoisotopic (exact) mass is 503 g/mol. The van der Waals surface area contributed by atoms with E-state index in [2.05, 4.69) is 31.4 Å². The Morgan fingerprint density at radius 1 is 1.36 bits per heavy atom. The van der Waals surface area contributed by atoms with Crippen LogP contribution in [-0.2, 0) is 24.2 Å². The molecule has 1 unspecified atom stereocenters. The van der Waals surface area contributed by atoms with Crippen molar-refractivity contribution >= 4 is 41.1 Å². The number of nitriles is 1. The summed E-state index contributed by atoms with van der Waals surface area (Å²) in [5.41, 5.74) is 4.51. The van der Waals surface area contributed by atoms with Crippen molar-refractivity contribution in [2.24, 2.45) is 0 Å². The van der Waals surface area contributed by atoms with Crippen LogP contribution in [0.15, 0.2) is 36.7 Å². The summed E-state index contributed by atoms with van der Waals surface area (Å²) in [6.07, 6.45) is 8.37. The van der Waals surface area contributed by atoms with Crippen LogP contribution < -0.4 is 9.46 Å². The zero-order chi connectivity index (χ0) is 23.2. The van der Waals surface area contributed by atoms with Gasteiger partial charge in [0.15, 0.2) is 5.75 Å². The van der Waals surface area contributed by atoms with E-state index >= 15 is 0 Å². The Morgan fingerprint density at radius 3 is 3.03 bits per heavy atom. The predicted octanol–water partition coefficient (Wildman–Crippen LogP) is 5.17. The minimum atomic E-state index is 0.116. The fourth-order valence-electron chi connectivity index (χ4n) is 3.91. The van der Waals surface area contributed by atoms with E-state index in [1.54, 1.807) is 12.3 Å². The molecule has 0 saturated heterocycles. The number of benzene rings is 1. The molecule has 1 aromatic carbocycles. The third kappa shape index (κ3) is 5.56. The number of hydrogen-bond donors (Lipinski definition) is 1. The highest BCUT2D eigenvalue weighted by atomic mass is 35.5. The van der Waals surface area contributed by atoms with E-state index in [9.17, 15) is 5.26 Å². The molecule has 10 heteroatoms. The van der Waals surface area contributed by atoms with Crippen molar-refractivity contribution in [3.63, 3.8) is 0 Å². The summed E-state index contributed by atoms with van der Waals surface area (Å²) in [6.45, 7) is 0.733. The SMILES string of the molecule is CSNc1nccc(COC2CCc3c(ccn3-c3cc(Cl)c(OCCCl)c(C#N)c3)C2)n1. The number of nitrogens with one attached hydrogen (secondary N) is 1. The molecule has 1 aliphatic carbocycles. The molecule has 1 atom stereocenters. The number of aromatic nitrogens is 3. The van der Waals surface area contributed by atoms with Crippen LogP contribution in [0.4, 0.5) is 5.95 Å². The number of rotatable bonds is 9. The molecule has 1 N–H and O–H groups in total. The minimum Gasteiger partial charge on any atom is -0.489 e. The van der Waals surface area contributed by atoms with E-state index in [0.29, 0.717) is 41.4 Å². The van der Waals surface area contributed by atoms with Crippen LogP contribution in [0.25, 0.3) is 5.69 Å². The summed E-state index contributed by atoms with van der Waals surface area (Å²) in [7, 11) is 0. The molecule has 3 aromatic rings. The molecule has 172 valence electrons. The molecule has 2 aromatic heterocycles. The largest absolute Gasteiger partial charge is 0.489 e. The first kappa shape index (κ1) is 23.7. The molecule has 0 aliphatic heterocycles. The smallest absolute Gasteiger partial charge is 0.233 e. The van der Waals surface area contributed by atoms with E-state index in [1.165, 1.54) is 23.2 Å².